The molecule has 0 spiro atoms. The Morgan fingerprint density at radius 2 is 2.20 bits per heavy atom. The Balaban J connectivity index is 2.96. The number of nitrogens with zero attached hydrogens (tertiary/aromatic N) is 1. The van der Waals surface area contributed by atoms with Gasteiger partial charge in [-0.25, -0.2) is 12.8 Å². The summed E-state index contributed by atoms with van der Waals surface area (Å²) < 4.78 is 37.9. The van der Waals surface area contributed by atoms with Gasteiger partial charge in [0.15, 0.2) is 5.75 Å². The molecule has 0 amide bonds. The highest BCUT2D eigenvalue weighted by Crippen LogP contribution is 2.20. The van der Waals surface area contributed by atoms with E-state index in [1.54, 1.807) is 0 Å². The third-order valence-corrected chi connectivity index (χ3v) is 2.98. The lowest BCUT2D eigenvalue weighted by Crippen LogP contribution is -2.16. The van der Waals surface area contributed by atoms with E-state index in [1.165, 1.54) is 18.2 Å². The van der Waals surface area contributed by atoms with E-state index in [0.29, 0.717) is 4.47 Å². The normalized spacial score (nSPS) is 10.7. The lowest BCUT2D eigenvalue weighted by atomic mass is 10.3. The fraction of sp³-hybridized carbons (Fsp3) is 0.125. The molecule has 0 aliphatic rings. The van der Waals surface area contributed by atoms with E-state index in [2.05, 4.69) is 15.9 Å². The Kier molecular flexibility index (Phi) is 3.66. The van der Waals surface area contributed by atoms with Crippen molar-refractivity contribution in [2.24, 2.45) is 0 Å². The van der Waals surface area contributed by atoms with Gasteiger partial charge in [-0.1, -0.05) is 15.9 Å². The smallest absolute Gasteiger partial charge is 0.246 e. The zero-order chi connectivity index (χ0) is 11.5. The molecule has 0 atom stereocenters. The third kappa shape index (κ3) is 3.49. The van der Waals surface area contributed by atoms with Gasteiger partial charge in [-0.15, -0.1) is 0 Å². The minimum Gasteiger partial charge on any atom is -0.280 e. The number of halogens is 2. The Bertz CT molecular complexity index is 510. The molecular formula is C8H6BrFN2O2S. The van der Waals surface area contributed by atoms with Crippen LogP contribution in [0.4, 0.5) is 10.1 Å². The van der Waals surface area contributed by atoms with Crippen molar-refractivity contribution in [2.75, 3.05) is 10.5 Å². The molecule has 0 aromatic heterocycles. The summed E-state index contributed by atoms with van der Waals surface area (Å²) in [5, 5.41) is 8.22. The molecule has 1 aromatic carbocycles. The molecule has 7 heteroatoms. The summed E-state index contributed by atoms with van der Waals surface area (Å²) >= 11 is 3.04. The first-order valence-electron chi connectivity index (χ1n) is 3.77. The van der Waals surface area contributed by atoms with Crippen molar-refractivity contribution in [2.45, 2.75) is 0 Å². The minimum absolute atomic E-state index is 0.173. The molecule has 0 aliphatic carbocycles. The van der Waals surface area contributed by atoms with E-state index in [-0.39, 0.29) is 5.69 Å². The van der Waals surface area contributed by atoms with Crippen molar-refractivity contribution >= 4 is 31.6 Å². The predicted octanol–water partition coefficient (Wildman–Crippen LogP) is 1.85. The van der Waals surface area contributed by atoms with Gasteiger partial charge in [0.05, 0.1) is 11.8 Å². The summed E-state index contributed by atoms with van der Waals surface area (Å²) in [6.07, 6.45) is 0. The van der Waals surface area contributed by atoms with E-state index < -0.39 is 21.6 Å². The van der Waals surface area contributed by atoms with Gasteiger partial charge in [0.1, 0.15) is 5.82 Å². The number of nitriles is 1. The molecule has 0 saturated heterocycles. The van der Waals surface area contributed by atoms with Gasteiger partial charge in [0.25, 0.3) is 0 Å². The summed E-state index contributed by atoms with van der Waals surface area (Å²) in [6.45, 7) is 0. The number of benzene rings is 1. The molecule has 1 rings (SSSR count). The van der Waals surface area contributed by atoms with Crippen molar-refractivity contribution in [1.82, 2.24) is 0 Å². The van der Waals surface area contributed by atoms with Gasteiger partial charge in [0.2, 0.25) is 10.0 Å². The Labute approximate surface area is 94.9 Å². The van der Waals surface area contributed by atoms with E-state index in [9.17, 15) is 12.8 Å². The molecule has 0 bridgehead atoms. The molecule has 1 aromatic rings. The summed E-state index contributed by atoms with van der Waals surface area (Å²) in [5.74, 6) is -1.41. The molecule has 4 nitrogen and oxygen atoms in total. The average molecular weight is 293 g/mol. The largest absolute Gasteiger partial charge is 0.280 e. The first-order valence-corrected chi connectivity index (χ1v) is 6.21. The lowest BCUT2D eigenvalue weighted by Gasteiger charge is -2.05. The van der Waals surface area contributed by atoms with Gasteiger partial charge < -0.3 is 0 Å². The van der Waals surface area contributed by atoms with Crippen molar-refractivity contribution in [1.29, 1.82) is 5.26 Å². The van der Waals surface area contributed by atoms with Crippen LogP contribution in [0, 0.1) is 17.1 Å². The van der Waals surface area contributed by atoms with Crippen molar-refractivity contribution in [3.8, 4) is 6.07 Å². The second-order valence-corrected chi connectivity index (χ2v) is 5.28. The van der Waals surface area contributed by atoms with Crippen molar-refractivity contribution in [3.63, 3.8) is 0 Å². The maximum Gasteiger partial charge on any atom is 0.246 e. The summed E-state index contributed by atoms with van der Waals surface area (Å²) in [7, 11) is -3.79. The SMILES string of the molecule is N#CCS(=O)(=O)Nc1ccc(Br)cc1F. The highest BCUT2D eigenvalue weighted by atomic mass is 79.9. The van der Waals surface area contributed by atoms with Crippen LogP contribution in [-0.2, 0) is 10.0 Å². The van der Waals surface area contributed by atoms with Crippen LogP contribution < -0.4 is 4.72 Å². The zero-order valence-corrected chi connectivity index (χ0v) is 9.77. The van der Waals surface area contributed by atoms with Gasteiger partial charge in [0, 0.05) is 4.47 Å². The van der Waals surface area contributed by atoms with Gasteiger partial charge in [-0.05, 0) is 18.2 Å². The number of sulfonamides is 1. The third-order valence-electron chi connectivity index (χ3n) is 1.45. The fourth-order valence-corrected chi connectivity index (χ4v) is 1.94. The fourth-order valence-electron chi connectivity index (χ4n) is 0.861. The molecule has 0 heterocycles. The van der Waals surface area contributed by atoms with Gasteiger partial charge in [-0.3, -0.25) is 4.72 Å². The van der Waals surface area contributed by atoms with Crippen LogP contribution in [0.2, 0.25) is 0 Å². The van der Waals surface area contributed by atoms with E-state index in [1.807, 2.05) is 4.72 Å². The highest BCUT2D eigenvalue weighted by Gasteiger charge is 2.12. The number of hydrogen-bond acceptors (Lipinski definition) is 3. The number of anilines is 1. The topological polar surface area (TPSA) is 70.0 Å². The second kappa shape index (κ2) is 4.59. The number of hydrogen-bond donors (Lipinski definition) is 1. The molecule has 0 saturated carbocycles. The Morgan fingerprint density at radius 1 is 1.53 bits per heavy atom. The quantitative estimate of drug-likeness (QED) is 0.924. The van der Waals surface area contributed by atoms with E-state index in [0.717, 1.165) is 6.07 Å². The standard InChI is InChI=1S/C8H6BrFN2O2S/c9-6-1-2-8(7(10)5-6)12-15(13,14)4-3-11/h1-2,5,12H,4H2. The molecule has 0 radical (unpaired) electrons. The first kappa shape index (κ1) is 11.9. The van der Waals surface area contributed by atoms with Crippen LogP contribution in [0.15, 0.2) is 22.7 Å². The van der Waals surface area contributed by atoms with E-state index in [4.69, 9.17) is 5.26 Å². The molecule has 80 valence electrons. The van der Waals surface area contributed by atoms with Gasteiger partial charge in [-0.2, -0.15) is 5.26 Å². The minimum atomic E-state index is -3.79. The van der Waals surface area contributed by atoms with Crippen LogP contribution >= 0.6 is 15.9 Å². The van der Waals surface area contributed by atoms with Crippen molar-refractivity contribution < 1.29 is 12.8 Å². The maximum atomic E-state index is 13.2. The highest BCUT2D eigenvalue weighted by molar-refractivity contribution is 9.10. The van der Waals surface area contributed by atoms with E-state index >= 15 is 0 Å². The maximum absolute atomic E-state index is 13.2. The molecule has 0 unspecified atom stereocenters. The molecule has 0 fully saturated rings. The molecule has 15 heavy (non-hydrogen) atoms. The monoisotopic (exact) mass is 292 g/mol. The summed E-state index contributed by atoms with van der Waals surface area (Å²) in [5.41, 5.74) is -0.173. The summed E-state index contributed by atoms with van der Waals surface area (Å²) in [6, 6.07) is 5.37. The average Bonchev–Trinajstić information content (AvgIpc) is 2.09. The Morgan fingerprint density at radius 3 is 2.73 bits per heavy atom. The zero-order valence-electron chi connectivity index (χ0n) is 7.37. The lowest BCUT2D eigenvalue weighted by molar-refractivity contribution is 0.601. The first-order chi connectivity index (χ1) is 6.94. The molecular weight excluding hydrogens is 287 g/mol. The van der Waals surface area contributed by atoms with Crippen LogP contribution in [0.1, 0.15) is 0 Å². The van der Waals surface area contributed by atoms with Crippen LogP contribution in [-0.4, -0.2) is 14.2 Å². The Hall–Kier alpha value is -1.13. The molecule has 0 aliphatic heterocycles. The van der Waals surface area contributed by atoms with Crippen LogP contribution in [0.25, 0.3) is 0 Å². The van der Waals surface area contributed by atoms with Crippen LogP contribution in [0.3, 0.4) is 0 Å². The molecule has 1 N–H and O–H groups in total. The second-order valence-electron chi connectivity index (χ2n) is 2.64. The van der Waals surface area contributed by atoms with Crippen molar-refractivity contribution in [3.05, 3.63) is 28.5 Å². The number of nitrogens with one attached hydrogen (secondary N) is 1. The number of rotatable bonds is 3. The van der Waals surface area contributed by atoms with Gasteiger partial charge >= 0.3 is 0 Å². The van der Waals surface area contributed by atoms with Crippen LogP contribution in [0.5, 0.6) is 0 Å². The summed E-state index contributed by atoms with van der Waals surface area (Å²) in [4.78, 5) is 0. The predicted molar refractivity (Wildman–Crippen MR) is 57.1 cm³/mol.